The summed E-state index contributed by atoms with van der Waals surface area (Å²) in [6.07, 6.45) is -0.170. The Labute approximate surface area is 130 Å². The van der Waals surface area contributed by atoms with Gasteiger partial charge in [0, 0.05) is 16.6 Å². The fourth-order valence-corrected chi connectivity index (χ4v) is 2.11. The Morgan fingerprint density at radius 3 is 2.52 bits per heavy atom. The molecule has 112 valence electrons. The van der Waals surface area contributed by atoms with E-state index in [1.165, 1.54) is 24.3 Å². The minimum Gasteiger partial charge on any atom is -0.488 e. The Morgan fingerprint density at radius 2 is 1.86 bits per heavy atom. The largest absolute Gasteiger partial charge is 0.488 e. The number of benzene rings is 2. The van der Waals surface area contributed by atoms with Crippen LogP contribution in [0.5, 0.6) is 5.75 Å². The lowest BCUT2D eigenvalue weighted by Crippen LogP contribution is -2.08. The number of rotatable bonds is 4. The molecular formula is C15H15BrF2N2O. The summed E-state index contributed by atoms with van der Waals surface area (Å²) in [5.74, 6) is -0.834. The van der Waals surface area contributed by atoms with E-state index in [-0.39, 0.29) is 23.4 Å². The summed E-state index contributed by atoms with van der Waals surface area (Å²) in [4.78, 5) is 0. The van der Waals surface area contributed by atoms with Crippen LogP contribution in [0.4, 0.5) is 25.8 Å². The van der Waals surface area contributed by atoms with Crippen LogP contribution < -0.4 is 15.8 Å². The van der Waals surface area contributed by atoms with Crippen LogP contribution in [-0.4, -0.2) is 6.10 Å². The summed E-state index contributed by atoms with van der Waals surface area (Å²) >= 11 is 3.31. The molecule has 0 amide bonds. The van der Waals surface area contributed by atoms with Gasteiger partial charge in [0.05, 0.1) is 23.2 Å². The van der Waals surface area contributed by atoms with Crippen molar-refractivity contribution in [2.24, 2.45) is 0 Å². The van der Waals surface area contributed by atoms with Crippen molar-refractivity contribution in [1.82, 2.24) is 0 Å². The van der Waals surface area contributed by atoms with Crippen LogP contribution in [0.15, 0.2) is 34.8 Å². The molecule has 0 aliphatic rings. The molecule has 21 heavy (non-hydrogen) atoms. The third kappa shape index (κ3) is 3.85. The molecule has 0 radical (unpaired) electrons. The Bertz CT molecular complexity index is 662. The highest BCUT2D eigenvalue weighted by Gasteiger charge is 2.12. The van der Waals surface area contributed by atoms with E-state index >= 15 is 0 Å². The van der Waals surface area contributed by atoms with E-state index in [0.717, 1.165) is 0 Å². The van der Waals surface area contributed by atoms with Gasteiger partial charge in [-0.1, -0.05) is 0 Å². The predicted octanol–water partition coefficient (Wildman–Crippen LogP) is 4.84. The zero-order valence-corrected chi connectivity index (χ0v) is 13.2. The highest BCUT2D eigenvalue weighted by Crippen LogP contribution is 2.33. The molecule has 0 saturated heterocycles. The number of nitrogens with one attached hydrogen (secondary N) is 1. The Balaban J connectivity index is 2.37. The Kier molecular flexibility index (Phi) is 4.67. The zero-order chi connectivity index (χ0) is 15.6. The molecule has 0 aliphatic carbocycles. The van der Waals surface area contributed by atoms with Gasteiger partial charge in [-0.15, -0.1) is 0 Å². The highest BCUT2D eigenvalue weighted by molar-refractivity contribution is 9.10. The first-order chi connectivity index (χ1) is 9.86. The summed E-state index contributed by atoms with van der Waals surface area (Å²) in [5.41, 5.74) is 6.93. The third-order valence-corrected chi connectivity index (χ3v) is 3.36. The minimum absolute atomic E-state index is 0.0919. The maximum absolute atomic E-state index is 13.8. The molecule has 2 aromatic carbocycles. The van der Waals surface area contributed by atoms with Gasteiger partial charge >= 0.3 is 0 Å². The van der Waals surface area contributed by atoms with Gasteiger partial charge in [0.1, 0.15) is 5.82 Å². The van der Waals surface area contributed by atoms with E-state index in [1.807, 2.05) is 0 Å². The fraction of sp³-hybridized carbons (Fsp3) is 0.200. The monoisotopic (exact) mass is 356 g/mol. The molecule has 0 atom stereocenters. The van der Waals surface area contributed by atoms with Crippen molar-refractivity contribution < 1.29 is 13.5 Å². The molecule has 0 spiro atoms. The predicted molar refractivity (Wildman–Crippen MR) is 84.0 cm³/mol. The van der Waals surface area contributed by atoms with Crippen LogP contribution in [0.3, 0.4) is 0 Å². The number of nitrogens with two attached hydrogens (primary N) is 1. The van der Waals surface area contributed by atoms with Gasteiger partial charge < -0.3 is 15.8 Å². The molecule has 2 rings (SSSR count). The summed E-state index contributed by atoms with van der Waals surface area (Å²) in [6.45, 7) is 3.60. The second-order valence-corrected chi connectivity index (χ2v) is 5.64. The summed E-state index contributed by atoms with van der Waals surface area (Å²) in [6, 6.07) is 6.85. The average Bonchev–Trinajstić information content (AvgIpc) is 2.39. The first kappa shape index (κ1) is 15.6. The van der Waals surface area contributed by atoms with Crippen LogP contribution in [0, 0.1) is 11.6 Å². The SMILES string of the molecule is CC(C)Oc1cc(Nc2cc(F)ccc2Br)c(N)cc1F. The van der Waals surface area contributed by atoms with E-state index < -0.39 is 5.82 Å². The molecule has 2 aromatic rings. The lowest BCUT2D eigenvalue weighted by Gasteiger charge is -2.15. The van der Waals surface area contributed by atoms with Gasteiger partial charge in [0.25, 0.3) is 0 Å². The lowest BCUT2D eigenvalue weighted by molar-refractivity contribution is 0.231. The first-order valence-corrected chi connectivity index (χ1v) is 7.14. The number of hydrogen-bond acceptors (Lipinski definition) is 3. The lowest BCUT2D eigenvalue weighted by atomic mass is 10.2. The quantitative estimate of drug-likeness (QED) is 0.770. The molecule has 0 saturated carbocycles. The van der Waals surface area contributed by atoms with Crippen molar-refractivity contribution in [3.8, 4) is 5.75 Å². The second kappa shape index (κ2) is 6.30. The number of hydrogen-bond donors (Lipinski definition) is 2. The Morgan fingerprint density at radius 1 is 1.14 bits per heavy atom. The van der Waals surface area contributed by atoms with Crippen molar-refractivity contribution in [3.05, 3.63) is 46.4 Å². The summed E-state index contributed by atoms with van der Waals surface area (Å²) in [5, 5.41) is 2.96. The first-order valence-electron chi connectivity index (χ1n) is 6.34. The van der Waals surface area contributed by atoms with Crippen LogP contribution in [0.1, 0.15) is 13.8 Å². The van der Waals surface area contributed by atoms with Crippen molar-refractivity contribution >= 4 is 33.0 Å². The van der Waals surface area contributed by atoms with Crippen molar-refractivity contribution in [1.29, 1.82) is 0 Å². The normalized spacial score (nSPS) is 10.8. The van der Waals surface area contributed by atoms with Crippen molar-refractivity contribution in [2.45, 2.75) is 20.0 Å². The number of nitrogen functional groups attached to an aromatic ring is 1. The van der Waals surface area contributed by atoms with E-state index in [4.69, 9.17) is 10.5 Å². The standard InChI is InChI=1S/C15H15BrF2N2O/c1-8(2)21-15-7-14(12(19)6-11(15)18)20-13-5-9(17)3-4-10(13)16/h3-8,20H,19H2,1-2H3. The molecule has 0 heterocycles. The fourth-order valence-electron chi connectivity index (χ4n) is 1.76. The van der Waals surface area contributed by atoms with Gasteiger partial charge in [-0.3, -0.25) is 0 Å². The third-order valence-electron chi connectivity index (χ3n) is 2.66. The zero-order valence-electron chi connectivity index (χ0n) is 11.6. The second-order valence-electron chi connectivity index (χ2n) is 4.79. The van der Waals surface area contributed by atoms with Crippen LogP contribution in [0.2, 0.25) is 0 Å². The maximum atomic E-state index is 13.8. The molecule has 0 fully saturated rings. The molecule has 0 bridgehead atoms. The maximum Gasteiger partial charge on any atom is 0.167 e. The molecule has 0 aromatic heterocycles. The van der Waals surface area contributed by atoms with Crippen molar-refractivity contribution in [2.75, 3.05) is 11.1 Å². The van der Waals surface area contributed by atoms with Gasteiger partial charge in [0.15, 0.2) is 11.6 Å². The topological polar surface area (TPSA) is 47.3 Å². The molecule has 3 nitrogen and oxygen atoms in total. The van der Waals surface area contributed by atoms with Gasteiger partial charge in [0.2, 0.25) is 0 Å². The van der Waals surface area contributed by atoms with E-state index in [9.17, 15) is 8.78 Å². The highest BCUT2D eigenvalue weighted by atomic mass is 79.9. The van der Waals surface area contributed by atoms with Crippen LogP contribution >= 0.6 is 15.9 Å². The van der Waals surface area contributed by atoms with Gasteiger partial charge in [-0.25, -0.2) is 8.78 Å². The van der Waals surface area contributed by atoms with Gasteiger partial charge in [-0.05, 0) is 48.0 Å². The molecule has 6 heteroatoms. The van der Waals surface area contributed by atoms with E-state index in [2.05, 4.69) is 21.2 Å². The molecule has 0 unspecified atom stereocenters. The number of halogens is 3. The summed E-state index contributed by atoms with van der Waals surface area (Å²) in [7, 11) is 0. The number of ether oxygens (including phenoxy) is 1. The van der Waals surface area contributed by atoms with Crippen LogP contribution in [-0.2, 0) is 0 Å². The average molecular weight is 357 g/mol. The van der Waals surface area contributed by atoms with E-state index in [1.54, 1.807) is 19.9 Å². The smallest absolute Gasteiger partial charge is 0.167 e. The van der Waals surface area contributed by atoms with Crippen LogP contribution in [0.25, 0.3) is 0 Å². The minimum atomic E-state index is -0.537. The molecular weight excluding hydrogens is 342 g/mol. The molecule has 0 aliphatic heterocycles. The van der Waals surface area contributed by atoms with Gasteiger partial charge in [-0.2, -0.15) is 0 Å². The summed E-state index contributed by atoms with van der Waals surface area (Å²) < 4.78 is 33.1. The molecule has 3 N–H and O–H groups in total. The Hall–Kier alpha value is -1.82. The van der Waals surface area contributed by atoms with E-state index in [0.29, 0.717) is 15.8 Å². The van der Waals surface area contributed by atoms with Crippen molar-refractivity contribution in [3.63, 3.8) is 0 Å². The number of anilines is 3.